The van der Waals surface area contributed by atoms with Crippen LogP contribution in [0.2, 0.25) is 0 Å². The topological polar surface area (TPSA) is 107 Å². The highest BCUT2D eigenvalue weighted by Gasteiger charge is 2.23. The molecule has 0 saturated carbocycles. The Kier molecular flexibility index (Phi) is 3.61. The molecule has 3 N–H and O–H groups in total. The van der Waals surface area contributed by atoms with E-state index >= 15 is 0 Å². The van der Waals surface area contributed by atoms with Crippen molar-refractivity contribution in [3.63, 3.8) is 0 Å². The smallest absolute Gasteiger partial charge is 0.332 e. The minimum absolute atomic E-state index is 0.0168. The lowest BCUT2D eigenvalue weighted by Gasteiger charge is -2.14. The number of hydrogen-bond acceptors (Lipinski definition) is 7. The van der Waals surface area contributed by atoms with E-state index in [1.165, 1.54) is 6.92 Å². The van der Waals surface area contributed by atoms with Gasteiger partial charge in [-0.15, -0.1) is 0 Å². The minimum atomic E-state index is -0.503. The summed E-state index contributed by atoms with van der Waals surface area (Å²) >= 11 is 1.56. The van der Waals surface area contributed by atoms with Crippen LogP contribution in [0.3, 0.4) is 0 Å². The highest BCUT2D eigenvalue weighted by atomic mass is 32.1. The first-order valence-corrected chi connectivity index (χ1v) is 6.50. The van der Waals surface area contributed by atoms with Gasteiger partial charge in [0.05, 0.1) is 11.0 Å². The van der Waals surface area contributed by atoms with Crippen molar-refractivity contribution in [2.24, 2.45) is 0 Å². The lowest BCUT2D eigenvalue weighted by atomic mass is 10.2. The highest BCUT2D eigenvalue weighted by Crippen LogP contribution is 2.29. The third-order valence-electron chi connectivity index (χ3n) is 2.65. The number of hydrogen-bond donors (Lipinski definition) is 2. The summed E-state index contributed by atoms with van der Waals surface area (Å²) in [6.07, 6.45) is 0. The molecule has 0 fully saturated rings. The SMILES string of the molecule is Cc1nc(N)nc(NC(C)c2ccsc2)c1[N+](=O)[O-]. The molecule has 0 spiro atoms. The maximum absolute atomic E-state index is 11.1. The molecule has 8 heteroatoms. The maximum atomic E-state index is 11.1. The summed E-state index contributed by atoms with van der Waals surface area (Å²) in [5.41, 5.74) is 6.68. The molecule has 0 saturated heterocycles. The van der Waals surface area contributed by atoms with Crippen LogP contribution in [0.15, 0.2) is 16.8 Å². The summed E-state index contributed by atoms with van der Waals surface area (Å²) in [5.74, 6) is 0.164. The standard InChI is InChI=1S/C11H13N5O2S/c1-6(8-3-4-19-5-8)13-10-9(16(17)18)7(2)14-11(12)15-10/h3-6H,1-2H3,(H3,12,13,14,15). The van der Waals surface area contributed by atoms with Gasteiger partial charge in [-0.3, -0.25) is 10.1 Å². The summed E-state index contributed by atoms with van der Waals surface area (Å²) in [4.78, 5) is 18.3. The molecule has 0 aliphatic carbocycles. The Hall–Kier alpha value is -2.22. The quantitative estimate of drug-likeness (QED) is 0.657. The summed E-state index contributed by atoms with van der Waals surface area (Å²) in [6.45, 7) is 3.44. The molecular weight excluding hydrogens is 266 g/mol. The van der Waals surface area contributed by atoms with Crippen LogP contribution >= 0.6 is 11.3 Å². The van der Waals surface area contributed by atoms with Crippen molar-refractivity contribution in [3.05, 3.63) is 38.2 Å². The molecular formula is C11H13N5O2S. The van der Waals surface area contributed by atoms with Gasteiger partial charge in [0.25, 0.3) is 0 Å². The first-order valence-electron chi connectivity index (χ1n) is 5.56. The zero-order chi connectivity index (χ0) is 14.0. The van der Waals surface area contributed by atoms with Crippen LogP contribution < -0.4 is 11.1 Å². The largest absolute Gasteiger partial charge is 0.368 e. The Bertz CT molecular complexity index is 599. The van der Waals surface area contributed by atoms with Gasteiger partial charge in [0.2, 0.25) is 11.8 Å². The van der Waals surface area contributed by atoms with Crippen molar-refractivity contribution in [3.8, 4) is 0 Å². The van der Waals surface area contributed by atoms with Crippen molar-refractivity contribution in [2.75, 3.05) is 11.1 Å². The summed E-state index contributed by atoms with van der Waals surface area (Å²) in [7, 11) is 0. The average Bonchev–Trinajstić information content (AvgIpc) is 2.80. The highest BCUT2D eigenvalue weighted by molar-refractivity contribution is 7.07. The molecule has 2 rings (SSSR count). The molecule has 100 valence electrons. The lowest BCUT2D eigenvalue weighted by Crippen LogP contribution is -2.12. The van der Waals surface area contributed by atoms with Crippen molar-refractivity contribution < 1.29 is 4.92 Å². The zero-order valence-corrected chi connectivity index (χ0v) is 11.3. The molecule has 1 unspecified atom stereocenters. The number of nitro groups is 1. The van der Waals surface area contributed by atoms with E-state index in [1.807, 2.05) is 23.8 Å². The van der Waals surface area contributed by atoms with Gasteiger partial charge >= 0.3 is 5.69 Å². The van der Waals surface area contributed by atoms with Gasteiger partial charge in [-0.1, -0.05) is 0 Å². The van der Waals surface area contributed by atoms with Gasteiger partial charge in [0.1, 0.15) is 5.69 Å². The number of nitrogens with one attached hydrogen (secondary N) is 1. The number of nitrogen functional groups attached to an aromatic ring is 1. The van der Waals surface area contributed by atoms with Crippen LogP contribution in [0.5, 0.6) is 0 Å². The van der Waals surface area contributed by atoms with Crippen LogP contribution in [0, 0.1) is 17.0 Å². The minimum Gasteiger partial charge on any atom is -0.368 e. The number of aromatic nitrogens is 2. The van der Waals surface area contributed by atoms with Gasteiger partial charge in [-0.25, -0.2) is 4.98 Å². The summed E-state index contributed by atoms with van der Waals surface area (Å²) in [5, 5.41) is 18.0. The fourth-order valence-corrected chi connectivity index (χ4v) is 2.47. The third-order valence-corrected chi connectivity index (χ3v) is 3.36. The Labute approximate surface area is 113 Å². The number of nitrogens with two attached hydrogens (primary N) is 1. The van der Waals surface area contributed by atoms with Gasteiger partial charge in [0, 0.05) is 0 Å². The van der Waals surface area contributed by atoms with Crippen molar-refractivity contribution in [1.29, 1.82) is 0 Å². The zero-order valence-electron chi connectivity index (χ0n) is 10.5. The number of rotatable bonds is 4. The number of anilines is 2. The number of thiophene rings is 1. The Morgan fingerprint density at radius 2 is 2.26 bits per heavy atom. The lowest BCUT2D eigenvalue weighted by molar-refractivity contribution is -0.385. The molecule has 0 aliphatic rings. The van der Waals surface area contributed by atoms with Crippen LogP contribution in [0.4, 0.5) is 17.5 Å². The predicted molar refractivity (Wildman–Crippen MR) is 74.2 cm³/mol. The molecule has 0 aromatic carbocycles. The van der Waals surface area contributed by atoms with Gasteiger partial charge in [-0.05, 0) is 36.2 Å². The van der Waals surface area contributed by atoms with E-state index in [-0.39, 0.29) is 29.2 Å². The van der Waals surface area contributed by atoms with E-state index in [2.05, 4.69) is 15.3 Å². The molecule has 7 nitrogen and oxygen atoms in total. The second-order valence-electron chi connectivity index (χ2n) is 4.04. The van der Waals surface area contributed by atoms with E-state index in [9.17, 15) is 10.1 Å². The van der Waals surface area contributed by atoms with Crippen molar-refractivity contribution in [1.82, 2.24) is 9.97 Å². The van der Waals surface area contributed by atoms with Crippen LogP contribution in [-0.4, -0.2) is 14.9 Å². The fourth-order valence-electron chi connectivity index (χ4n) is 1.72. The second-order valence-corrected chi connectivity index (χ2v) is 4.82. The van der Waals surface area contributed by atoms with E-state index in [0.29, 0.717) is 0 Å². The van der Waals surface area contributed by atoms with E-state index in [1.54, 1.807) is 11.3 Å². The first kappa shape index (κ1) is 13.2. The maximum Gasteiger partial charge on any atom is 0.332 e. The van der Waals surface area contributed by atoms with Gasteiger partial charge < -0.3 is 11.1 Å². The normalized spacial score (nSPS) is 12.1. The molecule has 0 aliphatic heterocycles. The third kappa shape index (κ3) is 2.79. The van der Waals surface area contributed by atoms with Crippen LogP contribution in [0.1, 0.15) is 24.2 Å². The fraction of sp³-hybridized carbons (Fsp3) is 0.273. The molecule has 2 aromatic rings. The number of nitrogens with zero attached hydrogens (tertiary/aromatic N) is 3. The van der Waals surface area contributed by atoms with Crippen LogP contribution in [-0.2, 0) is 0 Å². The van der Waals surface area contributed by atoms with E-state index < -0.39 is 4.92 Å². The first-order chi connectivity index (χ1) is 8.99. The van der Waals surface area contributed by atoms with Gasteiger partial charge in [0.15, 0.2) is 0 Å². The van der Waals surface area contributed by atoms with Crippen molar-refractivity contribution >= 4 is 28.8 Å². The average molecular weight is 279 g/mol. The Balaban J connectivity index is 2.36. The molecule has 19 heavy (non-hydrogen) atoms. The van der Waals surface area contributed by atoms with E-state index in [4.69, 9.17) is 5.73 Å². The Morgan fingerprint density at radius 3 is 2.84 bits per heavy atom. The summed E-state index contributed by atoms with van der Waals surface area (Å²) in [6, 6.07) is 1.85. The van der Waals surface area contributed by atoms with Crippen molar-refractivity contribution in [2.45, 2.75) is 19.9 Å². The monoisotopic (exact) mass is 279 g/mol. The second kappa shape index (κ2) is 5.19. The molecule has 2 heterocycles. The number of aryl methyl sites for hydroxylation is 1. The van der Waals surface area contributed by atoms with E-state index in [0.717, 1.165) is 5.56 Å². The molecule has 0 amide bonds. The predicted octanol–water partition coefficient (Wildman–Crippen LogP) is 2.51. The van der Waals surface area contributed by atoms with Gasteiger partial charge in [-0.2, -0.15) is 16.3 Å². The molecule has 1 atom stereocenters. The Morgan fingerprint density at radius 1 is 1.53 bits per heavy atom. The summed E-state index contributed by atoms with van der Waals surface area (Å²) < 4.78 is 0. The molecule has 0 radical (unpaired) electrons. The van der Waals surface area contributed by atoms with Crippen LogP contribution in [0.25, 0.3) is 0 Å². The molecule has 2 aromatic heterocycles. The molecule has 0 bridgehead atoms.